The minimum absolute atomic E-state index is 0.605. The van der Waals surface area contributed by atoms with Crippen LogP contribution < -0.4 is 10.5 Å². The van der Waals surface area contributed by atoms with E-state index in [1.807, 2.05) is 48.5 Å². The number of pyridine rings is 1. The van der Waals surface area contributed by atoms with Crippen LogP contribution in [0.5, 0.6) is 10.9 Å². The summed E-state index contributed by atoms with van der Waals surface area (Å²) in [5.41, 5.74) is 8.34. The highest BCUT2D eigenvalue weighted by Gasteiger charge is 2.10. The molecule has 4 nitrogen and oxygen atoms in total. The van der Waals surface area contributed by atoms with Crippen molar-refractivity contribution < 1.29 is 4.74 Å². The van der Waals surface area contributed by atoms with Gasteiger partial charge in [0, 0.05) is 17.3 Å². The zero-order valence-electron chi connectivity index (χ0n) is 11.0. The first kappa shape index (κ1) is 12.1. The second-order valence-corrected chi connectivity index (χ2v) is 5.60. The van der Waals surface area contributed by atoms with Crippen LogP contribution >= 0.6 is 11.3 Å². The molecule has 0 radical (unpaired) electrons. The fourth-order valence-electron chi connectivity index (χ4n) is 2.24. The number of ether oxygens (including phenoxy) is 1. The first-order valence-electron chi connectivity index (χ1n) is 6.48. The van der Waals surface area contributed by atoms with Gasteiger partial charge in [-0.15, -0.1) is 0 Å². The third-order valence-corrected chi connectivity index (χ3v) is 4.15. The Morgan fingerprint density at radius 2 is 1.90 bits per heavy atom. The smallest absolute Gasteiger partial charge is 0.279 e. The standard InChI is InChI=1S/C16H11N3OS/c17-11-7-8-13(15-10(11)4-3-9-18-15)20-16-19-12-5-1-2-6-14(12)21-16/h1-9H,17H2. The lowest BCUT2D eigenvalue weighted by Gasteiger charge is -2.07. The maximum Gasteiger partial charge on any atom is 0.279 e. The lowest BCUT2D eigenvalue weighted by molar-refractivity contribution is 0.484. The average Bonchev–Trinajstić information content (AvgIpc) is 2.93. The largest absolute Gasteiger partial charge is 0.429 e. The molecule has 0 amide bonds. The summed E-state index contributed by atoms with van der Waals surface area (Å²) < 4.78 is 7.02. The van der Waals surface area contributed by atoms with Gasteiger partial charge in [0.15, 0.2) is 5.75 Å². The van der Waals surface area contributed by atoms with Crippen molar-refractivity contribution >= 4 is 38.1 Å². The molecule has 0 saturated heterocycles. The van der Waals surface area contributed by atoms with Crippen molar-refractivity contribution in [1.82, 2.24) is 9.97 Å². The SMILES string of the molecule is Nc1ccc(Oc2nc3ccccc3s2)c2ncccc12. The number of para-hydroxylation sites is 1. The van der Waals surface area contributed by atoms with E-state index in [4.69, 9.17) is 10.5 Å². The van der Waals surface area contributed by atoms with E-state index in [0.717, 1.165) is 21.1 Å². The third-order valence-electron chi connectivity index (χ3n) is 3.24. The van der Waals surface area contributed by atoms with E-state index in [1.54, 1.807) is 6.20 Å². The molecule has 0 spiro atoms. The van der Waals surface area contributed by atoms with Crippen LogP contribution in [0.3, 0.4) is 0 Å². The van der Waals surface area contributed by atoms with Crippen molar-refractivity contribution in [3.8, 4) is 10.9 Å². The monoisotopic (exact) mass is 293 g/mol. The first-order valence-corrected chi connectivity index (χ1v) is 7.29. The molecule has 4 rings (SSSR count). The van der Waals surface area contributed by atoms with Crippen LogP contribution in [-0.2, 0) is 0 Å². The van der Waals surface area contributed by atoms with Gasteiger partial charge in [-0.05, 0) is 36.4 Å². The van der Waals surface area contributed by atoms with Gasteiger partial charge in [-0.1, -0.05) is 23.5 Å². The van der Waals surface area contributed by atoms with Gasteiger partial charge < -0.3 is 10.5 Å². The second kappa shape index (κ2) is 4.71. The van der Waals surface area contributed by atoms with Crippen molar-refractivity contribution in [2.75, 3.05) is 5.73 Å². The summed E-state index contributed by atoms with van der Waals surface area (Å²) in [6, 6.07) is 15.4. The molecule has 0 aliphatic rings. The molecule has 0 aliphatic heterocycles. The van der Waals surface area contributed by atoms with Crippen LogP contribution in [0.15, 0.2) is 54.7 Å². The number of thiazole rings is 1. The summed E-state index contributed by atoms with van der Waals surface area (Å²) in [6.45, 7) is 0. The van der Waals surface area contributed by atoms with Gasteiger partial charge in [0.25, 0.3) is 5.19 Å². The molecule has 2 N–H and O–H groups in total. The van der Waals surface area contributed by atoms with Gasteiger partial charge in [0.05, 0.1) is 10.2 Å². The number of benzene rings is 2. The number of nitrogens with two attached hydrogens (primary N) is 1. The van der Waals surface area contributed by atoms with Gasteiger partial charge in [0.1, 0.15) is 5.52 Å². The molecule has 0 saturated carbocycles. The van der Waals surface area contributed by atoms with Crippen LogP contribution in [-0.4, -0.2) is 9.97 Å². The molecule has 0 unspecified atom stereocenters. The van der Waals surface area contributed by atoms with Crippen LogP contribution in [0.25, 0.3) is 21.1 Å². The summed E-state index contributed by atoms with van der Waals surface area (Å²) in [6.07, 6.45) is 1.73. The van der Waals surface area contributed by atoms with Crippen molar-refractivity contribution in [3.63, 3.8) is 0 Å². The Hall–Kier alpha value is -2.66. The second-order valence-electron chi connectivity index (χ2n) is 4.60. The van der Waals surface area contributed by atoms with Crippen molar-refractivity contribution in [3.05, 3.63) is 54.7 Å². The van der Waals surface area contributed by atoms with Crippen molar-refractivity contribution in [1.29, 1.82) is 0 Å². The van der Waals surface area contributed by atoms with Crippen molar-refractivity contribution in [2.24, 2.45) is 0 Å². The molecule has 0 atom stereocenters. The first-order chi connectivity index (χ1) is 10.3. The fourth-order valence-corrected chi connectivity index (χ4v) is 3.07. The summed E-state index contributed by atoms with van der Waals surface area (Å²) >= 11 is 1.51. The highest BCUT2D eigenvalue weighted by molar-refractivity contribution is 7.20. The Kier molecular flexibility index (Phi) is 2.72. The highest BCUT2D eigenvalue weighted by atomic mass is 32.1. The number of hydrogen-bond donors (Lipinski definition) is 1. The number of anilines is 1. The Morgan fingerprint density at radius 3 is 2.81 bits per heavy atom. The number of fused-ring (bicyclic) bond motifs is 2. The fraction of sp³-hybridized carbons (Fsp3) is 0. The van der Waals surface area contributed by atoms with E-state index >= 15 is 0 Å². The van der Waals surface area contributed by atoms with Crippen LogP contribution in [0.2, 0.25) is 0 Å². The topological polar surface area (TPSA) is 61.0 Å². The van der Waals surface area contributed by atoms with Gasteiger partial charge in [-0.2, -0.15) is 0 Å². The molecule has 2 aromatic heterocycles. The Morgan fingerprint density at radius 1 is 1.00 bits per heavy atom. The zero-order valence-corrected chi connectivity index (χ0v) is 11.8. The Labute approximate surface area is 124 Å². The van der Waals surface area contributed by atoms with Crippen LogP contribution in [0.1, 0.15) is 0 Å². The summed E-state index contributed by atoms with van der Waals surface area (Å²) in [7, 11) is 0. The van der Waals surface area contributed by atoms with Gasteiger partial charge in [-0.3, -0.25) is 4.98 Å². The van der Waals surface area contributed by atoms with Crippen molar-refractivity contribution in [2.45, 2.75) is 0 Å². The average molecular weight is 293 g/mol. The lowest BCUT2D eigenvalue weighted by Crippen LogP contribution is -1.92. The highest BCUT2D eigenvalue weighted by Crippen LogP contribution is 2.35. The number of nitrogens with zero attached hydrogens (tertiary/aromatic N) is 2. The molecule has 0 aliphatic carbocycles. The molecule has 4 aromatic rings. The summed E-state index contributed by atoms with van der Waals surface area (Å²) in [4.78, 5) is 8.84. The van der Waals surface area contributed by atoms with E-state index < -0.39 is 0 Å². The zero-order chi connectivity index (χ0) is 14.2. The molecular formula is C16H11N3OS. The third kappa shape index (κ3) is 2.08. The maximum absolute atomic E-state index is 5.97. The summed E-state index contributed by atoms with van der Waals surface area (Å²) in [5, 5.41) is 1.49. The van der Waals surface area contributed by atoms with Gasteiger partial charge >= 0.3 is 0 Å². The normalized spacial score (nSPS) is 11.0. The quantitative estimate of drug-likeness (QED) is 0.562. The van der Waals surface area contributed by atoms with Gasteiger partial charge in [0.2, 0.25) is 0 Å². The van der Waals surface area contributed by atoms with E-state index in [-0.39, 0.29) is 0 Å². The molecule has 102 valence electrons. The minimum atomic E-state index is 0.605. The maximum atomic E-state index is 5.97. The number of nitrogen functional groups attached to an aromatic ring is 1. The van der Waals surface area contributed by atoms with E-state index in [9.17, 15) is 0 Å². The predicted octanol–water partition coefficient (Wildman–Crippen LogP) is 4.22. The van der Waals surface area contributed by atoms with E-state index in [0.29, 0.717) is 16.6 Å². The van der Waals surface area contributed by atoms with E-state index in [1.165, 1.54) is 11.3 Å². The number of hydrogen-bond acceptors (Lipinski definition) is 5. The van der Waals surface area contributed by atoms with Crippen LogP contribution in [0.4, 0.5) is 5.69 Å². The molecule has 0 bridgehead atoms. The molecular weight excluding hydrogens is 282 g/mol. The molecule has 5 heteroatoms. The Balaban J connectivity index is 1.82. The minimum Gasteiger partial charge on any atom is -0.429 e. The lowest BCUT2D eigenvalue weighted by atomic mass is 10.2. The van der Waals surface area contributed by atoms with E-state index in [2.05, 4.69) is 9.97 Å². The molecule has 2 heterocycles. The number of aromatic nitrogens is 2. The Bertz CT molecular complexity index is 915. The number of rotatable bonds is 2. The molecule has 0 fully saturated rings. The summed E-state index contributed by atoms with van der Waals surface area (Å²) in [5.74, 6) is 0.666. The molecule has 21 heavy (non-hydrogen) atoms. The molecule has 2 aromatic carbocycles. The van der Waals surface area contributed by atoms with Gasteiger partial charge in [-0.25, -0.2) is 4.98 Å². The predicted molar refractivity (Wildman–Crippen MR) is 85.8 cm³/mol. The van der Waals surface area contributed by atoms with Crippen LogP contribution in [0, 0.1) is 0 Å².